The van der Waals surface area contributed by atoms with E-state index in [9.17, 15) is 9.18 Å². The van der Waals surface area contributed by atoms with Gasteiger partial charge in [0, 0.05) is 25.7 Å². The summed E-state index contributed by atoms with van der Waals surface area (Å²) in [4.78, 5) is 23.5. The van der Waals surface area contributed by atoms with Crippen molar-refractivity contribution >= 4 is 11.7 Å². The average Bonchev–Trinajstić information content (AvgIpc) is 2.63. The maximum Gasteiger partial charge on any atom is 0.270 e. The molecule has 1 amide bonds. The van der Waals surface area contributed by atoms with Crippen LogP contribution in [0, 0.1) is 18.7 Å². The van der Waals surface area contributed by atoms with Crippen molar-refractivity contribution in [1.29, 1.82) is 0 Å². The van der Waals surface area contributed by atoms with Gasteiger partial charge < -0.3 is 10.2 Å². The Bertz CT molecular complexity index is 763. The van der Waals surface area contributed by atoms with Gasteiger partial charge in [-0.1, -0.05) is 19.1 Å². The van der Waals surface area contributed by atoms with Crippen molar-refractivity contribution in [2.24, 2.45) is 5.92 Å². The third-order valence-corrected chi connectivity index (χ3v) is 4.65. The second kappa shape index (κ2) is 8.25. The number of aryl methyl sites for hydroxylation is 1. The summed E-state index contributed by atoms with van der Waals surface area (Å²) in [5.41, 5.74) is 1.37. The lowest BCUT2D eigenvalue weighted by Gasteiger charge is -2.32. The van der Waals surface area contributed by atoms with E-state index in [1.54, 1.807) is 18.2 Å². The first-order chi connectivity index (χ1) is 12.5. The molecule has 1 atom stereocenters. The summed E-state index contributed by atoms with van der Waals surface area (Å²) in [5, 5.41) is 2.89. The third-order valence-electron chi connectivity index (χ3n) is 4.65. The molecule has 0 radical (unpaired) electrons. The molecule has 2 aromatic rings. The minimum atomic E-state index is -0.256. The van der Waals surface area contributed by atoms with Gasteiger partial charge in [-0.3, -0.25) is 4.79 Å². The van der Waals surface area contributed by atoms with Crippen molar-refractivity contribution in [2.75, 3.05) is 24.5 Å². The Balaban J connectivity index is 1.62. The van der Waals surface area contributed by atoms with Crippen LogP contribution < -0.4 is 10.2 Å². The zero-order valence-corrected chi connectivity index (χ0v) is 15.3. The number of rotatable bonds is 5. The van der Waals surface area contributed by atoms with Gasteiger partial charge in [-0.05, 0) is 49.8 Å². The molecule has 1 saturated heterocycles. The highest BCUT2D eigenvalue weighted by atomic mass is 19.1. The van der Waals surface area contributed by atoms with Crippen molar-refractivity contribution in [3.63, 3.8) is 0 Å². The molecule has 1 aromatic heterocycles. The fourth-order valence-corrected chi connectivity index (χ4v) is 3.29. The summed E-state index contributed by atoms with van der Waals surface area (Å²) in [6.45, 7) is 6.45. The SMILES string of the molecule is Cc1nc(C(=O)NCCc2ccc(F)cc2)cc(N2CCCC(C)C2)n1. The molecule has 1 fully saturated rings. The molecule has 2 heterocycles. The van der Waals surface area contributed by atoms with Gasteiger partial charge in [-0.2, -0.15) is 0 Å². The van der Waals surface area contributed by atoms with Gasteiger partial charge in [0.25, 0.3) is 5.91 Å². The van der Waals surface area contributed by atoms with Gasteiger partial charge in [0.2, 0.25) is 0 Å². The molecule has 1 unspecified atom stereocenters. The molecule has 3 rings (SSSR count). The number of aromatic nitrogens is 2. The van der Waals surface area contributed by atoms with Crippen LogP contribution in [0.4, 0.5) is 10.2 Å². The topological polar surface area (TPSA) is 58.1 Å². The van der Waals surface area contributed by atoms with Gasteiger partial charge in [0.05, 0.1) is 0 Å². The van der Waals surface area contributed by atoms with Gasteiger partial charge in [-0.15, -0.1) is 0 Å². The first-order valence-corrected chi connectivity index (χ1v) is 9.14. The summed E-state index contributed by atoms with van der Waals surface area (Å²) in [6.07, 6.45) is 3.02. The largest absolute Gasteiger partial charge is 0.356 e. The van der Waals surface area contributed by atoms with Gasteiger partial charge in [0.1, 0.15) is 23.2 Å². The molecular formula is C20H25FN4O. The van der Waals surface area contributed by atoms with Crippen LogP contribution in [0.25, 0.3) is 0 Å². The standard InChI is InChI=1S/C20H25FN4O/c1-14-4-3-11-25(13-14)19-12-18(23-15(2)24-19)20(26)22-10-9-16-5-7-17(21)8-6-16/h5-8,12,14H,3-4,9-11,13H2,1-2H3,(H,22,26). The van der Waals surface area contributed by atoms with Crippen LogP contribution in [0.2, 0.25) is 0 Å². The first kappa shape index (κ1) is 18.3. The van der Waals surface area contributed by atoms with Crippen molar-refractivity contribution in [3.8, 4) is 0 Å². The highest BCUT2D eigenvalue weighted by Crippen LogP contribution is 2.21. The van der Waals surface area contributed by atoms with Crippen molar-refractivity contribution in [2.45, 2.75) is 33.1 Å². The number of hydrogen-bond acceptors (Lipinski definition) is 4. The lowest BCUT2D eigenvalue weighted by atomic mass is 10.0. The van der Waals surface area contributed by atoms with E-state index >= 15 is 0 Å². The van der Waals surface area contributed by atoms with E-state index in [-0.39, 0.29) is 11.7 Å². The maximum atomic E-state index is 12.9. The molecule has 1 N–H and O–H groups in total. The van der Waals surface area contributed by atoms with Crippen molar-refractivity contribution in [3.05, 3.63) is 53.2 Å². The Morgan fingerprint density at radius 1 is 1.31 bits per heavy atom. The number of halogens is 1. The van der Waals surface area contributed by atoms with Gasteiger partial charge in [-0.25, -0.2) is 14.4 Å². The predicted molar refractivity (Wildman–Crippen MR) is 99.8 cm³/mol. The predicted octanol–water partition coefficient (Wildman–Crippen LogP) is 3.13. The van der Waals surface area contributed by atoms with Crippen LogP contribution in [-0.2, 0) is 6.42 Å². The monoisotopic (exact) mass is 356 g/mol. The second-order valence-corrected chi connectivity index (χ2v) is 6.98. The van der Waals surface area contributed by atoms with E-state index in [4.69, 9.17) is 0 Å². The van der Waals surface area contributed by atoms with Crippen molar-refractivity contribution in [1.82, 2.24) is 15.3 Å². The lowest BCUT2D eigenvalue weighted by Crippen LogP contribution is -2.35. The summed E-state index contributed by atoms with van der Waals surface area (Å²) in [5.74, 6) is 1.60. The molecule has 1 aliphatic rings. The molecule has 0 bridgehead atoms. The number of carbonyl (C=O) groups is 1. The highest BCUT2D eigenvalue weighted by Gasteiger charge is 2.19. The van der Waals surface area contributed by atoms with E-state index in [0.29, 0.717) is 30.4 Å². The third kappa shape index (κ3) is 4.77. The van der Waals surface area contributed by atoms with Gasteiger partial charge >= 0.3 is 0 Å². The average molecular weight is 356 g/mol. The Kier molecular flexibility index (Phi) is 5.81. The Morgan fingerprint density at radius 2 is 2.08 bits per heavy atom. The number of nitrogens with zero attached hydrogens (tertiary/aromatic N) is 3. The van der Waals surface area contributed by atoms with Crippen molar-refractivity contribution < 1.29 is 9.18 Å². The Labute approximate surface area is 153 Å². The molecule has 5 nitrogen and oxygen atoms in total. The van der Waals surface area contributed by atoms with Crippen LogP contribution in [0.3, 0.4) is 0 Å². The quantitative estimate of drug-likeness (QED) is 0.894. The van der Waals surface area contributed by atoms with Crippen LogP contribution in [-0.4, -0.2) is 35.5 Å². The van der Waals surface area contributed by atoms with E-state index in [1.165, 1.54) is 18.6 Å². The van der Waals surface area contributed by atoms with Crippen LogP contribution >= 0.6 is 0 Å². The summed E-state index contributed by atoms with van der Waals surface area (Å²) >= 11 is 0. The summed E-state index contributed by atoms with van der Waals surface area (Å²) in [6, 6.07) is 8.09. The molecule has 0 spiro atoms. The van der Waals surface area contributed by atoms with Crippen LogP contribution in [0.15, 0.2) is 30.3 Å². The van der Waals surface area contributed by atoms with E-state index in [1.807, 2.05) is 6.92 Å². The molecule has 0 saturated carbocycles. The van der Waals surface area contributed by atoms with E-state index < -0.39 is 0 Å². The zero-order valence-electron chi connectivity index (χ0n) is 15.3. The Morgan fingerprint density at radius 3 is 2.81 bits per heavy atom. The van der Waals surface area contributed by atoms with E-state index in [2.05, 4.69) is 27.1 Å². The first-order valence-electron chi connectivity index (χ1n) is 9.14. The zero-order chi connectivity index (χ0) is 18.5. The molecule has 138 valence electrons. The molecule has 0 aliphatic carbocycles. The van der Waals surface area contributed by atoms with E-state index in [0.717, 1.165) is 30.9 Å². The molecule has 26 heavy (non-hydrogen) atoms. The molecule has 1 aliphatic heterocycles. The van der Waals surface area contributed by atoms with Crippen LogP contribution in [0.5, 0.6) is 0 Å². The number of anilines is 1. The highest BCUT2D eigenvalue weighted by molar-refractivity contribution is 5.92. The number of amides is 1. The molecular weight excluding hydrogens is 331 g/mol. The second-order valence-electron chi connectivity index (χ2n) is 6.98. The fourth-order valence-electron chi connectivity index (χ4n) is 3.29. The fraction of sp³-hybridized carbons (Fsp3) is 0.450. The minimum absolute atomic E-state index is 0.205. The number of nitrogens with one attached hydrogen (secondary N) is 1. The van der Waals surface area contributed by atoms with Crippen LogP contribution in [0.1, 0.15) is 41.6 Å². The molecule has 6 heteroatoms. The number of piperidine rings is 1. The maximum absolute atomic E-state index is 12.9. The number of carbonyl (C=O) groups excluding carboxylic acids is 1. The summed E-state index contributed by atoms with van der Waals surface area (Å²) in [7, 11) is 0. The van der Waals surface area contributed by atoms with Gasteiger partial charge in [0.15, 0.2) is 0 Å². The Hall–Kier alpha value is -2.50. The smallest absolute Gasteiger partial charge is 0.270 e. The number of hydrogen-bond donors (Lipinski definition) is 1. The molecule has 1 aromatic carbocycles. The number of benzene rings is 1. The summed E-state index contributed by atoms with van der Waals surface area (Å²) < 4.78 is 12.9. The normalized spacial score (nSPS) is 17.2. The minimum Gasteiger partial charge on any atom is -0.356 e. The lowest BCUT2D eigenvalue weighted by molar-refractivity contribution is 0.0948.